The number of piperidine rings is 1. The van der Waals surface area contributed by atoms with Gasteiger partial charge in [0.05, 0.1) is 11.3 Å². The first kappa shape index (κ1) is 17.8. The molecule has 1 saturated heterocycles. The van der Waals surface area contributed by atoms with Gasteiger partial charge in [0.2, 0.25) is 5.91 Å². The van der Waals surface area contributed by atoms with Gasteiger partial charge in [-0.15, -0.1) is 11.8 Å². The molecule has 0 radical (unpaired) electrons. The average molecular weight is 362 g/mol. The normalized spacial score (nSPS) is 18.1. The lowest BCUT2D eigenvalue weighted by atomic mass is 9.99. The largest absolute Gasteiger partial charge is 0.452 e. The fourth-order valence-corrected chi connectivity index (χ4v) is 3.84. The molecular formula is C18H22N2O4S. The Hall–Kier alpha value is -2.02. The quantitative estimate of drug-likeness (QED) is 0.837. The first-order valence-electron chi connectivity index (χ1n) is 8.54. The first-order valence-corrected chi connectivity index (χ1v) is 9.53. The number of anilines is 1. The van der Waals surface area contributed by atoms with E-state index >= 15 is 0 Å². The first-order chi connectivity index (χ1) is 12.0. The van der Waals surface area contributed by atoms with E-state index in [1.165, 1.54) is 0 Å². The number of rotatable bonds is 3. The minimum absolute atomic E-state index is 0.0636. The van der Waals surface area contributed by atoms with Crippen LogP contribution in [0, 0.1) is 5.92 Å². The number of carbonyl (C=O) groups excluding carboxylic acids is 3. The Kier molecular flexibility index (Phi) is 5.63. The van der Waals surface area contributed by atoms with Gasteiger partial charge in [0.25, 0.3) is 5.91 Å². The number of nitrogens with zero attached hydrogens (tertiary/aromatic N) is 1. The maximum Gasteiger partial charge on any atom is 0.338 e. The summed E-state index contributed by atoms with van der Waals surface area (Å²) in [6, 6.07) is 5.08. The average Bonchev–Trinajstić information content (AvgIpc) is 2.79. The molecular weight excluding hydrogens is 340 g/mol. The number of benzene rings is 1. The highest BCUT2D eigenvalue weighted by atomic mass is 32.2. The van der Waals surface area contributed by atoms with Crippen LogP contribution in [-0.2, 0) is 14.3 Å². The van der Waals surface area contributed by atoms with Crippen molar-refractivity contribution in [1.82, 2.24) is 4.90 Å². The van der Waals surface area contributed by atoms with Crippen molar-refractivity contribution in [2.24, 2.45) is 5.92 Å². The molecule has 0 spiro atoms. The molecule has 0 bridgehead atoms. The second-order valence-corrected chi connectivity index (χ2v) is 7.63. The van der Waals surface area contributed by atoms with E-state index in [4.69, 9.17) is 4.74 Å². The molecule has 1 fully saturated rings. The second kappa shape index (κ2) is 7.91. The minimum atomic E-state index is -0.551. The van der Waals surface area contributed by atoms with Crippen LogP contribution < -0.4 is 5.32 Å². The summed E-state index contributed by atoms with van der Waals surface area (Å²) in [4.78, 5) is 38.7. The van der Waals surface area contributed by atoms with E-state index in [-0.39, 0.29) is 18.4 Å². The molecule has 1 aromatic carbocycles. The predicted octanol–water partition coefficient (Wildman–Crippen LogP) is 2.54. The summed E-state index contributed by atoms with van der Waals surface area (Å²) in [6.45, 7) is 3.38. The molecule has 0 saturated carbocycles. The highest BCUT2D eigenvalue weighted by Gasteiger charge is 2.22. The zero-order valence-electron chi connectivity index (χ0n) is 14.2. The van der Waals surface area contributed by atoms with Crippen molar-refractivity contribution in [1.29, 1.82) is 0 Å². The Morgan fingerprint density at radius 3 is 2.84 bits per heavy atom. The SMILES string of the molecule is CC1CCN(C(=O)COC(=O)c2ccc3c(c2)NC(=O)CCS3)CC1. The van der Waals surface area contributed by atoms with Crippen LogP contribution >= 0.6 is 11.8 Å². The lowest BCUT2D eigenvalue weighted by Gasteiger charge is -2.30. The van der Waals surface area contributed by atoms with E-state index in [1.807, 2.05) is 0 Å². The monoisotopic (exact) mass is 362 g/mol. The lowest BCUT2D eigenvalue weighted by Crippen LogP contribution is -2.40. The number of hydrogen-bond acceptors (Lipinski definition) is 5. The molecule has 6 nitrogen and oxygen atoms in total. The molecule has 25 heavy (non-hydrogen) atoms. The van der Waals surface area contributed by atoms with E-state index in [9.17, 15) is 14.4 Å². The summed E-state index contributed by atoms with van der Waals surface area (Å²) < 4.78 is 5.17. The van der Waals surface area contributed by atoms with Crippen LogP contribution in [0.4, 0.5) is 5.69 Å². The molecule has 2 aliphatic rings. The fourth-order valence-electron chi connectivity index (χ4n) is 2.91. The maximum absolute atomic E-state index is 12.2. The van der Waals surface area contributed by atoms with Crippen molar-refractivity contribution in [3.05, 3.63) is 23.8 Å². The van der Waals surface area contributed by atoms with Crippen LogP contribution in [0.1, 0.15) is 36.5 Å². The van der Waals surface area contributed by atoms with E-state index in [0.717, 1.165) is 30.8 Å². The van der Waals surface area contributed by atoms with Crippen molar-refractivity contribution < 1.29 is 19.1 Å². The lowest BCUT2D eigenvalue weighted by molar-refractivity contribution is -0.135. The van der Waals surface area contributed by atoms with Crippen molar-refractivity contribution in [2.45, 2.75) is 31.1 Å². The Labute approximate surface area is 151 Å². The number of amides is 2. The number of esters is 1. The molecule has 2 amide bonds. The Morgan fingerprint density at radius 2 is 2.08 bits per heavy atom. The molecule has 0 aromatic heterocycles. The number of thioether (sulfide) groups is 1. The van der Waals surface area contributed by atoms with Crippen LogP contribution in [0.3, 0.4) is 0 Å². The summed E-state index contributed by atoms with van der Waals surface area (Å²) >= 11 is 1.57. The molecule has 3 rings (SSSR count). The number of fused-ring (bicyclic) bond motifs is 1. The molecule has 0 unspecified atom stereocenters. The zero-order chi connectivity index (χ0) is 17.8. The third kappa shape index (κ3) is 4.54. The van der Waals surface area contributed by atoms with Crippen molar-refractivity contribution in [3.63, 3.8) is 0 Å². The van der Waals surface area contributed by atoms with Crippen molar-refractivity contribution in [3.8, 4) is 0 Å². The van der Waals surface area contributed by atoms with E-state index in [1.54, 1.807) is 34.9 Å². The maximum atomic E-state index is 12.2. The number of likely N-dealkylation sites (tertiary alicyclic amines) is 1. The van der Waals surface area contributed by atoms with Gasteiger partial charge >= 0.3 is 5.97 Å². The highest BCUT2D eigenvalue weighted by molar-refractivity contribution is 7.99. The summed E-state index contributed by atoms with van der Waals surface area (Å²) in [5.41, 5.74) is 0.958. The van der Waals surface area contributed by atoms with Crippen LogP contribution in [-0.4, -0.2) is 48.1 Å². The summed E-state index contributed by atoms with van der Waals surface area (Å²) in [5, 5.41) is 2.80. The van der Waals surface area contributed by atoms with Gasteiger partial charge in [-0.3, -0.25) is 9.59 Å². The molecule has 134 valence electrons. The van der Waals surface area contributed by atoms with Crippen molar-refractivity contribution >= 4 is 35.2 Å². The second-order valence-electron chi connectivity index (χ2n) is 6.50. The summed E-state index contributed by atoms with van der Waals surface area (Å²) in [6.07, 6.45) is 2.42. The van der Waals surface area contributed by atoms with Gasteiger partial charge in [-0.25, -0.2) is 4.79 Å². The molecule has 0 atom stereocenters. The highest BCUT2D eigenvalue weighted by Crippen LogP contribution is 2.31. The van der Waals surface area contributed by atoms with E-state index in [2.05, 4.69) is 12.2 Å². The number of carbonyl (C=O) groups is 3. The predicted molar refractivity (Wildman–Crippen MR) is 95.7 cm³/mol. The van der Waals surface area contributed by atoms with Crippen LogP contribution in [0.5, 0.6) is 0 Å². The van der Waals surface area contributed by atoms with E-state index in [0.29, 0.717) is 29.3 Å². The Balaban J connectivity index is 1.58. The van der Waals surface area contributed by atoms with Crippen LogP contribution in [0.2, 0.25) is 0 Å². The third-order valence-corrected chi connectivity index (χ3v) is 5.61. The van der Waals surface area contributed by atoms with Gasteiger partial charge in [0.1, 0.15) is 0 Å². The molecule has 1 N–H and O–H groups in total. The zero-order valence-corrected chi connectivity index (χ0v) is 15.1. The van der Waals surface area contributed by atoms with Gasteiger partial charge in [0.15, 0.2) is 6.61 Å². The number of nitrogens with one attached hydrogen (secondary N) is 1. The summed E-state index contributed by atoms with van der Waals surface area (Å²) in [5.74, 6) is 0.584. The topological polar surface area (TPSA) is 75.7 Å². The van der Waals surface area contributed by atoms with Crippen molar-refractivity contribution in [2.75, 3.05) is 30.8 Å². The van der Waals surface area contributed by atoms with Gasteiger partial charge in [-0.05, 0) is 37.0 Å². The smallest absolute Gasteiger partial charge is 0.338 e. The standard InChI is InChI=1S/C18H22N2O4S/c1-12-4-7-20(8-5-12)17(22)11-24-18(23)13-2-3-15-14(10-13)19-16(21)6-9-25-15/h2-3,10,12H,4-9,11H2,1H3,(H,19,21). The van der Waals surface area contributed by atoms with Gasteiger partial charge in [-0.1, -0.05) is 6.92 Å². The van der Waals surface area contributed by atoms with Gasteiger partial charge in [-0.2, -0.15) is 0 Å². The van der Waals surface area contributed by atoms with E-state index < -0.39 is 5.97 Å². The molecule has 7 heteroatoms. The molecule has 2 aliphatic heterocycles. The molecule has 2 heterocycles. The number of hydrogen-bond donors (Lipinski definition) is 1. The minimum Gasteiger partial charge on any atom is -0.452 e. The Morgan fingerprint density at radius 1 is 1.32 bits per heavy atom. The fraction of sp³-hybridized carbons (Fsp3) is 0.500. The van der Waals surface area contributed by atoms with Crippen LogP contribution in [0.25, 0.3) is 0 Å². The number of ether oxygens (including phenoxy) is 1. The third-order valence-electron chi connectivity index (χ3n) is 4.54. The van der Waals surface area contributed by atoms with Gasteiger partial charge < -0.3 is 15.0 Å². The molecule has 0 aliphatic carbocycles. The summed E-state index contributed by atoms with van der Waals surface area (Å²) in [7, 11) is 0. The Bertz CT molecular complexity index is 684. The molecule has 1 aromatic rings. The van der Waals surface area contributed by atoms with Crippen LogP contribution in [0.15, 0.2) is 23.1 Å². The van der Waals surface area contributed by atoms with Gasteiger partial charge in [0, 0.05) is 30.2 Å².